The Hall–Kier alpha value is -5.74. The Labute approximate surface area is 271 Å². The third kappa shape index (κ3) is 9.13. The summed E-state index contributed by atoms with van der Waals surface area (Å²) < 4.78 is 24.9. The number of hydrogen-bond donors (Lipinski definition) is 0. The molecule has 0 unspecified atom stereocenters. The minimum absolute atomic E-state index is 0.443. The van der Waals surface area contributed by atoms with E-state index in [0.717, 1.165) is 44.9 Å². The van der Waals surface area contributed by atoms with Crippen molar-refractivity contribution in [3.8, 4) is 23.0 Å². The molecule has 0 bridgehead atoms. The SMILES string of the molecule is C(=C\c1ccc(OCc2ccccc2)c(OCc2ccccc2)c1)/c1cc(OCc2ccccc2)cc(OCc2ccccc2)c1. The van der Waals surface area contributed by atoms with Crippen molar-refractivity contribution in [2.45, 2.75) is 26.4 Å². The predicted molar refractivity (Wildman–Crippen MR) is 185 cm³/mol. The normalized spacial score (nSPS) is 10.9. The monoisotopic (exact) mass is 604 g/mol. The van der Waals surface area contributed by atoms with Crippen LogP contribution in [0, 0.1) is 0 Å². The van der Waals surface area contributed by atoms with Crippen LogP contribution < -0.4 is 18.9 Å². The van der Waals surface area contributed by atoms with Gasteiger partial charge in [0.15, 0.2) is 11.5 Å². The smallest absolute Gasteiger partial charge is 0.162 e. The van der Waals surface area contributed by atoms with Crippen LogP contribution in [0.15, 0.2) is 158 Å². The summed E-state index contributed by atoms with van der Waals surface area (Å²) in [5, 5.41) is 0. The molecule has 46 heavy (non-hydrogen) atoms. The van der Waals surface area contributed by atoms with Crippen LogP contribution in [0.3, 0.4) is 0 Å². The molecule has 4 heteroatoms. The number of hydrogen-bond acceptors (Lipinski definition) is 4. The van der Waals surface area contributed by atoms with E-state index in [1.165, 1.54) is 0 Å². The highest BCUT2D eigenvalue weighted by molar-refractivity contribution is 5.72. The van der Waals surface area contributed by atoms with Gasteiger partial charge < -0.3 is 18.9 Å². The van der Waals surface area contributed by atoms with E-state index < -0.39 is 0 Å². The number of rotatable bonds is 14. The molecule has 0 heterocycles. The van der Waals surface area contributed by atoms with Crippen molar-refractivity contribution >= 4 is 12.2 Å². The Morgan fingerprint density at radius 2 is 0.717 bits per heavy atom. The lowest BCUT2D eigenvalue weighted by Gasteiger charge is -2.14. The number of ether oxygens (including phenoxy) is 4. The van der Waals surface area contributed by atoms with Gasteiger partial charge in [-0.05, 0) is 57.6 Å². The molecular formula is C42H36O4. The summed E-state index contributed by atoms with van der Waals surface area (Å²) in [6, 6.07) is 52.6. The summed E-state index contributed by atoms with van der Waals surface area (Å²) in [4.78, 5) is 0. The molecular weight excluding hydrogens is 568 g/mol. The van der Waals surface area contributed by atoms with E-state index in [4.69, 9.17) is 18.9 Å². The summed E-state index contributed by atoms with van der Waals surface area (Å²) in [7, 11) is 0. The molecule has 0 aliphatic rings. The van der Waals surface area contributed by atoms with Gasteiger partial charge in [-0.25, -0.2) is 0 Å². The van der Waals surface area contributed by atoms with Crippen LogP contribution in [0.5, 0.6) is 23.0 Å². The maximum Gasteiger partial charge on any atom is 0.162 e. The maximum absolute atomic E-state index is 6.29. The van der Waals surface area contributed by atoms with E-state index in [1.54, 1.807) is 0 Å². The highest BCUT2D eigenvalue weighted by Gasteiger charge is 2.09. The second kappa shape index (κ2) is 15.8. The molecule has 228 valence electrons. The first-order chi connectivity index (χ1) is 22.8. The molecule has 6 aromatic rings. The highest BCUT2D eigenvalue weighted by Crippen LogP contribution is 2.32. The first kappa shape index (κ1) is 30.3. The molecule has 0 aliphatic heterocycles. The van der Waals surface area contributed by atoms with Crippen LogP contribution in [-0.2, 0) is 26.4 Å². The van der Waals surface area contributed by atoms with Gasteiger partial charge >= 0.3 is 0 Å². The van der Waals surface area contributed by atoms with Gasteiger partial charge in [-0.1, -0.05) is 140 Å². The fraction of sp³-hybridized carbons (Fsp3) is 0.0952. The van der Waals surface area contributed by atoms with Crippen LogP contribution in [0.25, 0.3) is 12.2 Å². The topological polar surface area (TPSA) is 36.9 Å². The lowest BCUT2D eigenvalue weighted by atomic mass is 10.1. The van der Waals surface area contributed by atoms with Crippen molar-refractivity contribution in [1.82, 2.24) is 0 Å². The lowest BCUT2D eigenvalue weighted by molar-refractivity contribution is 0.256. The van der Waals surface area contributed by atoms with Crippen LogP contribution in [0.1, 0.15) is 33.4 Å². The molecule has 4 nitrogen and oxygen atoms in total. The summed E-state index contributed by atoms with van der Waals surface area (Å²) in [6.07, 6.45) is 4.12. The molecule has 0 saturated heterocycles. The zero-order valence-corrected chi connectivity index (χ0v) is 25.6. The standard InChI is InChI=1S/C42H36O4/c1-5-13-34(14-6-1)29-43-39-25-38(26-40(28-39)44-30-35-15-7-2-8-16-35)22-21-33-23-24-41(45-31-36-17-9-3-10-18-36)42(27-33)46-32-37-19-11-4-12-20-37/h1-28H,29-32H2/b22-21+. The minimum atomic E-state index is 0.443. The summed E-state index contributed by atoms with van der Waals surface area (Å²) in [5.41, 5.74) is 6.34. The van der Waals surface area contributed by atoms with Crippen LogP contribution >= 0.6 is 0 Å². The predicted octanol–water partition coefficient (Wildman–Crippen LogP) is 10.2. The Kier molecular flexibility index (Phi) is 10.4. The summed E-state index contributed by atoms with van der Waals surface area (Å²) in [6.45, 7) is 1.84. The first-order valence-corrected chi connectivity index (χ1v) is 15.4. The molecule has 0 spiro atoms. The first-order valence-electron chi connectivity index (χ1n) is 15.4. The van der Waals surface area contributed by atoms with E-state index in [-0.39, 0.29) is 0 Å². The van der Waals surface area contributed by atoms with E-state index in [1.807, 2.05) is 109 Å². The molecule has 0 aliphatic carbocycles. The van der Waals surface area contributed by atoms with Gasteiger partial charge in [0.1, 0.15) is 37.9 Å². The van der Waals surface area contributed by atoms with Gasteiger partial charge in [-0.3, -0.25) is 0 Å². The van der Waals surface area contributed by atoms with Gasteiger partial charge in [0.25, 0.3) is 0 Å². The van der Waals surface area contributed by atoms with Gasteiger partial charge in [-0.2, -0.15) is 0 Å². The van der Waals surface area contributed by atoms with Gasteiger partial charge in [0.2, 0.25) is 0 Å². The van der Waals surface area contributed by atoms with Crippen molar-refractivity contribution in [2.24, 2.45) is 0 Å². The molecule has 0 saturated carbocycles. The molecule has 0 radical (unpaired) electrons. The molecule has 6 rings (SSSR count). The second-order valence-electron chi connectivity index (χ2n) is 10.9. The van der Waals surface area contributed by atoms with Gasteiger partial charge in [-0.15, -0.1) is 0 Å². The zero-order valence-electron chi connectivity index (χ0n) is 25.6. The number of benzene rings is 6. The Morgan fingerprint density at radius 1 is 0.326 bits per heavy atom. The van der Waals surface area contributed by atoms with Crippen LogP contribution in [0.4, 0.5) is 0 Å². The Bertz CT molecular complexity index is 1760. The fourth-order valence-electron chi connectivity index (χ4n) is 4.86. The third-order valence-corrected chi connectivity index (χ3v) is 7.31. The quantitative estimate of drug-likeness (QED) is 0.116. The van der Waals surface area contributed by atoms with E-state index >= 15 is 0 Å². The van der Waals surface area contributed by atoms with Gasteiger partial charge in [0, 0.05) is 6.07 Å². The largest absolute Gasteiger partial charge is 0.489 e. The molecule has 0 atom stereocenters. The van der Waals surface area contributed by atoms with Crippen LogP contribution in [-0.4, -0.2) is 0 Å². The van der Waals surface area contributed by atoms with Crippen molar-refractivity contribution < 1.29 is 18.9 Å². The van der Waals surface area contributed by atoms with E-state index in [9.17, 15) is 0 Å². The Balaban J connectivity index is 1.22. The minimum Gasteiger partial charge on any atom is -0.489 e. The highest BCUT2D eigenvalue weighted by atomic mass is 16.5. The van der Waals surface area contributed by atoms with Crippen molar-refractivity contribution in [3.63, 3.8) is 0 Å². The molecule has 0 fully saturated rings. The summed E-state index contributed by atoms with van der Waals surface area (Å²) >= 11 is 0. The average Bonchev–Trinajstić information content (AvgIpc) is 3.12. The lowest BCUT2D eigenvalue weighted by Crippen LogP contribution is -2.01. The molecule has 0 amide bonds. The zero-order chi connectivity index (χ0) is 31.2. The fourth-order valence-corrected chi connectivity index (χ4v) is 4.86. The molecule has 6 aromatic carbocycles. The van der Waals surface area contributed by atoms with Crippen molar-refractivity contribution in [2.75, 3.05) is 0 Å². The van der Waals surface area contributed by atoms with Gasteiger partial charge in [0.05, 0.1) is 0 Å². The van der Waals surface area contributed by atoms with E-state index in [2.05, 4.69) is 60.7 Å². The second-order valence-corrected chi connectivity index (χ2v) is 10.9. The Morgan fingerprint density at radius 3 is 1.17 bits per heavy atom. The van der Waals surface area contributed by atoms with E-state index in [0.29, 0.717) is 37.9 Å². The van der Waals surface area contributed by atoms with Crippen molar-refractivity contribution in [3.05, 3.63) is 191 Å². The average molecular weight is 605 g/mol. The molecule has 0 N–H and O–H groups in total. The maximum atomic E-state index is 6.29. The van der Waals surface area contributed by atoms with Crippen LogP contribution in [0.2, 0.25) is 0 Å². The third-order valence-electron chi connectivity index (χ3n) is 7.31. The summed E-state index contributed by atoms with van der Waals surface area (Å²) in [5.74, 6) is 2.87. The van der Waals surface area contributed by atoms with Crippen molar-refractivity contribution in [1.29, 1.82) is 0 Å². The molecule has 0 aromatic heterocycles.